The fraction of sp³-hybridized carbons (Fsp3) is 0.0769. The van der Waals surface area contributed by atoms with Crippen molar-refractivity contribution in [3.63, 3.8) is 0 Å². The minimum atomic E-state index is 0.0132. The van der Waals surface area contributed by atoms with Crippen LogP contribution in [0.1, 0.15) is 25.0 Å². The molecular weight excluding hydrogens is 547 g/mol. The van der Waals surface area contributed by atoms with Gasteiger partial charge in [0.15, 0.2) is 0 Å². The number of hydrogen-bond donors (Lipinski definition) is 1. The molecule has 0 fully saturated rings. The molecule has 42 heavy (non-hydrogen) atoms. The minimum Gasteiger partial charge on any atom is -0.354 e. The van der Waals surface area contributed by atoms with E-state index in [4.69, 9.17) is 0 Å². The Labute approximate surface area is 252 Å². The highest BCUT2D eigenvalue weighted by atomic mass is 32.1. The third-order valence-electron chi connectivity index (χ3n) is 9.09. The quantitative estimate of drug-likeness (QED) is 0.222. The van der Waals surface area contributed by atoms with E-state index < -0.39 is 0 Å². The Bertz CT molecular complexity index is 2350. The molecule has 9 rings (SSSR count). The van der Waals surface area contributed by atoms with E-state index >= 15 is 0 Å². The molecule has 6 aromatic carbocycles. The topological polar surface area (TPSA) is 12.0 Å². The van der Waals surface area contributed by atoms with Crippen LogP contribution in [0.3, 0.4) is 0 Å². The Morgan fingerprint density at radius 3 is 2.07 bits per heavy atom. The van der Waals surface area contributed by atoms with Crippen molar-refractivity contribution in [2.75, 3.05) is 5.32 Å². The Morgan fingerprint density at radius 2 is 1.19 bits per heavy atom. The molecule has 200 valence electrons. The molecule has 8 aromatic rings. The molecule has 0 radical (unpaired) electrons. The normalized spacial score (nSPS) is 13.7. The molecule has 0 spiro atoms. The van der Waals surface area contributed by atoms with Crippen LogP contribution in [0, 0.1) is 0 Å². The van der Waals surface area contributed by atoms with E-state index in [0.717, 1.165) is 11.4 Å². The largest absolute Gasteiger partial charge is 0.354 e. The van der Waals surface area contributed by atoms with Crippen molar-refractivity contribution < 1.29 is 0 Å². The first-order chi connectivity index (χ1) is 20.6. The molecule has 0 saturated carbocycles. The van der Waals surface area contributed by atoms with Crippen LogP contribution in [-0.4, -0.2) is 0 Å². The maximum atomic E-state index is 3.76. The lowest BCUT2D eigenvalue weighted by molar-refractivity contribution is 0.661. The first kappa shape index (κ1) is 24.2. The fourth-order valence-electron chi connectivity index (χ4n) is 7.00. The van der Waals surface area contributed by atoms with E-state index in [1.165, 1.54) is 73.7 Å². The van der Waals surface area contributed by atoms with Gasteiger partial charge >= 0.3 is 0 Å². The average molecular weight is 574 g/mol. The van der Waals surface area contributed by atoms with Crippen molar-refractivity contribution in [2.24, 2.45) is 0 Å². The number of benzene rings is 6. The molecule has 1 aliphatic rings. The molecule has 2 aromatic heterocycles. The minimum absolute atomic E-state index is 0.0132. The second-order valence-corrected chi connectivity index (χ2v) is 13.9. The zero-order valence-electron chi connectivity index (χ0n) is 23.4. The summed E-state index contributed by atoms with van der Waals surface area (Å²) in [5.41, 5.74) is 10.5. The number of thiophene rings is 2. The van der Waals surface area contributed by atoms with E-state index in [0.29, 0.717) is 0 Å². The van der Waals surface area contributed by atoms with Gasteiger partial charge in [0.05, 0.1) is 10.4 Å². The smallest absolute Gasteiger partial charge is 0.0590 e. The molecule has 0 amide bonds. The Balaban J connectivity index is 1.12. The summed E-state index contributed by atoms with van der Waals surface area (Å²) in [5.74, 6) is 0. The standard InChI is InChI=1S/C39H27NS2/c1-39(2)31-14-5-3-10-30(31)35-32(39)22-21-29-28-13-8-15-33(37(28)42-38(29)35)40-24-19-17-23(18-20-24)25-11-7-12-27-26-9-4-6-16-34(26)41-36(25)27/h3-22,40H,1-2H3. The van der Waals surface area contributed by atoms with E-state index in [-0.39, 0.29) is 5.41 Å². The van der Waals surface area contributed by atoms with Crippen LogP contribution in [0.2, 0.25) is 0 Å². The number of nitrogens with one attached hydrogen (secondary N) is 1. The predicted octanol–water partition coefficient (Wildman–Crippen LogP) is 12.1. The Hall–Kier alpha value is -4.44. The van der Waals surface area contributed by atoms with Crippen LogP contribution < -0.4 is 5.32 Å². The van der Waals surface area contributed by atoms with Gasteiger partial charge in [-0.2, -0.15) is 0 Å². The third kappa shape index (κ3) is 3.35. The first-order valence-electron chi connectivity index (χ1n) is 14.4. The van der Waals surface area contributed by atoms with Crippen molar-refractivity contribution in [3.05, 3.63) is 132 Å². The van der Waals surface area contributed by atoms with Gasteiger partial charge in [-0.05, 0) is 52.1 Å². The SMILES string of the molecule is CC1(C)c2ccccc2-c2c1ccc1c2sc2c(Nc3ccc(-c4cccc5c4sc4ccccc45)cc3)cccc21. The molecule has 1 nitrogen and oxygen atoms in total. The Kier molecular flexibility index (Phi) is 5.06. The number of anilines is 2. The van der Waals surface area contributed by atoms with Gasteiger partial charge in [-0.25, -0.2) is 0 Å². The summed E-state index contributed by atoms with van der Waals surface area (Å²) in [6, 6.07) is 44.6. The van der Waals surface area contributed by atoms with E-state index in [1.807, 2.05) is 22.7 Å². The van der Waals surface area contributed by atoms with Gasteiger partial charge in [0.25, 0.3) is 0 Å². The van der Waals surface area contributed by atoms with Crippen molar-refractivity contribution in [3.8, 4) is 22.3 Å². The molecular formula is C39H27NS2. The molecule has 1 aliphatic carbocycles. The zero-order chi connectivity index (χ0) is 28.0. The molecule has 0 saturated heterocycles. The second kappa shape index (κ2) is 8.78. The number of fused-ring (bicyclic) bond motifs is 10. The molecule has 2 heterocycles. The van der Waals surface area contributed by atoms with Crippen molar-refractivity contribution in [2.45, 2.75) is 19.3 Å². The van der Waals surface area contributed by atoms with Crippen LogP contribution in [0.5, 0.6) is 0 Å². The summed E-state index contributed by atoms with van der Waals surface area (Å²) >= 11 is 3.80. The lowest BCUT2D eigenvalue weighted by atomic mass is 9.82. The maximum absolute atomic E-state index is 3.76. The summed E-state index contributed by atoms with van der Waals surface area (Å²) in [7, 11) is 0. The molecule has 0 atom stereocenters. The summed E-state index contributed by atoms with van der Waals surface area (Å²) in [5, 5.41) is 9.10. The van der Waals surface area contributed by atoms with E-state index in [9.17, 15) is 0 Å². The predicted molar refractivity (Wildman–Crippen MR) is 185 cm³/mol. The number of rotatable bonds is 3. The Morgan fingerprint density at radius 1 is 0.500 bits per heavy atom. The average Bonchev–Trinajstić information content (AvgIpc) is 3.67. The highest BCUT2D eigenvalue weighted by Crippen LogP contribution is 2.54. The summed E-state index contributed by atoms with van der Waals surface area (Å²) < 4.78 is 5.39. The van der Waals surface area contributed by atoms with Gasteiger partial charge < -0.3 is 5.32 Å². The lowest BCUT2D eigenvalue weighted by Gasteiger charge is -2.21. The van der Waals surface area contributed by atoms with Crippen LogP contribution in [-0.2, 0) is 5.41 Å². The van der Waals surface area contributed by atoms with Crippen LogP contribution in [0.25, 0.3) is 62.6 Å². The molecule has 0 unspecified atom stereocenters. The van der Waals surface area contributed by atoms with Gasteiger partial charge in [0, 0.05) is 52.3 Å². The maximum Gasteiger partial charge on any atom is 0.0590 e. The van der Waals surface area contributed by atoms with Gasteiger partial charge in [-0.1, -0.05) is 111 Å². The van der Waals surface area contributed by atoms with E-state index in [1.54, 1.807) is 0 Å². The van der Waals surface area contributed by atoms with Crippen LogP contribution >= 0.6 is 22.7 Å². The third-order valence-corrected chi connectivity index (χ3v) is 11.6. The van der Waals surface area contributed by atoms with Crippen molar-refractivity contribution in [1.82, 2.24) is 0 Å². The van der Waals surface area contributed by atoms with Gasteiger partial charge in [0.2, 0.25) is 0 Å². The summed E-state index contributed by atoms with van der Waals surface area (Å²) in [6.07, 6.45) is 0. The second-order valence-electron chi connectivity index (χ2n) is 11.8. The fourth-order valence-corrected chi connectivity index (χ4v) is 9.57. The van der Waals surface area contributed by atoms with Crippen molar-refractivity contribution in [1.29, 1.82) is 0 Å². The number of hydrogen-bond acceptors (Lipinski definition) is 3. The monoisotopic (exact) mass is 573 g/mol. The molecule has 3 heteroatoms. The zero-order valence-corrected chi connectivity index (χ0v) is 25.0. The molecule has 0 aliphatic heterocycles. The first-order valence-corrected chi connectivity index (χ1v) is 16.1. The van der Waals surface area contributed by atoms with E-state index in [2.05, 4.69) is 140 Å². The highest BCUT2D eigenvalue weighted by Gasteiger charge is 2.36. The summed E-state index contributed by atoms with van der Waals surface area (Å²) in [6.45, 7) is 4.71. The van der Waals surface area contributed by atoms with Crippen LogP contribution in [0.15, 0.2) is 121 Å². The van der Waals surface area contributed by atoms with Gasteiger partial charge in [-0.15, -0.1) is 22.7 Å². The van der Waals surface area contributed by atoms with Gasteiger partial charge in [0.1, 0.15) is 0 Å². The van der Waals surface area contributed by atoms with Gasteiger partial charge in [-0.3, -0.25) is 0 Å². The van der Waals surface area contributed by atoms with Crippen molar-refractivity contribution >= 4 is 74.4 Å². The van der Waals surface area contributed by atoms with Crippen LogP contribution in [0.4, 0.5) is 11.4 Å². The molecule has 1 N–H and O–H groups in total. The summed E-state index contributed by atoms with van der Waals surface area (Å²) in [4.78, 5) is 0. The molecule has 0 bridgehead atoms. The highest BCUT2D eigenvalue weighted by molar-refractivity contribution is 7.27. The lowest BCUT2D eigenvalue weighted by Crippen LogP contribution is -2.14.